The van der Waals surface area contributed by atoms with E-state index in [1.165, 1.54) is 0 Å². The second kappa shape index (κ2) is 11.3. The van der Waals surface area contributed by atoms with Gasteiger partial charge in [0.05, 0.1) is 39.2 Å². The van der Waals surface area contributed by atoms with Crippen LogP contribution in [-0.2, 0) is 9.59 Å². The molecule has 0 bridgehead atoms. The van der Waals surface area contributed by atoms with Crippen molar-refractivity contribution in [2.75, 3.05) is 40.5 Å². The summed E-state index contributed by atoms with van der Waals surface area (Å²) in [7, 11) is 3.29. The SMILES string of the molecule is COc1ccc(OC)c(C2CCCN2C(=O)C2CCCN(C(=O)CCOc3ccccc3)C2)c1. The van der Waals surface area contributed by atoms with Gasteiger partial charge in [0.15, 0.2) is 0 Å². The fraction of sp³-hybridized carbons (Fsp3) is 0.481. The number of para-hydroxylation sites is 1. The number of carbonyl (C=O) groups is 2. The van der Waals surface area contributed by atoms with E-state index in [0.29, 0.717) is 26.1 Å². The summed E-state index contributed by atoms with van der Waals surface area (Å²) in [6.07, 6.45) is 3.79. The summed E-state index contributed by atoms with van der Waals surface area (Å²) in [5, 5.41) is 0. The summed E-state index contributed by atoms with van der Waals surface area (Å²) < 4.78 is 16.7. The minimum absolute atomic E-state index is 0.0390. The molecule has 7 heteroatoms. The third-order valence-corrected chi connectivity index (χ3v) is 6.78. The van der Waals surface area contributed by atoms with Crippen LogP contribution in [0.1, 0.15) is 43.7 Å². The molecule has 0 aromatic heterocycles. The average molecular weight is 467 g/mol. The van der Waals surface area contributed by atoms with Crippen molar-refractivity contribution in [1.29, 1.82) is 0 Å². The molecule has 2 amide bonds. The second-order valence-corrected chi connectivity index (χ2v) is 8.89. The summed E-state index contributed by atoms with van der Waals surface area (Å²) in [6, 6.07) is 15.2. The Morgan fingerprint density at radius 2 is 1.74 bits per heavy atom. The van der Waals surface area contributed by atoms with Gasteiger partial charge in [-0.1, -0.05) is 18.2 Å². The smallest absolute Gasteiger partial charge is 0.227 e. The Hall–Kier alpha value is -3.22. The van der Waals surface area contributed by atoms with Gasteiger partial charge in [-0.2, -0.15) is 0 Å². The van der Waals surface area contributed by atoms with Crippen LogP contribution in [-0.4, -0.2) is 62.1 Å². The first-order chi connectivity index (χ1) is 16.6. The summed E-state index contributed by atoms with van der Waals surface area (Å²) >= 11 is 0. The number of hydrogen-bond donors (Lipinski definition) is 0. The molecule has 2 unspecified atom stereocenters. The molecule has 0 radical (unpaired) electrons. The van der Waals surface area contributed by atoms with Crippen molar-refractivity contribution >= 4 is 11.8 Å². The van der Waals surface area contributed by atoms with E-state index < -0.39 is 0 Å². The normalized spacial score (nSPS) is 20.2. The molecular formula is C27H34N2O5. The van der Waals surface area contributed by atoms with E-state index in [4.69, 9.17) is 14.2 Å². The number of nitrogens with zero attached hydrogens (tertiary/aromatic N) is 2. The Bertz CT molecular complexity index is 980. The number of hydrogen-bond acceptors (Lipinski definition) is 5. The summed E-state index contributed by atoms with van der Waals surface area (Å²) in [6.45, 7) is 2.23. The highest BCUT2D eigenvalue weighted by atomic mass is 16.5. The minimum Gasteiger partial charge on any atom is -0.497 e. The van der Waals surface area contributed by atoms with Crippen LogP contribution in [0.3, 0.4) is 0 Å². The van der Waals surface area contributed by atoms with E-state index in [9.17, 15) is 9.59 Å². The molecule has 2 heterocycles. The van der Waals surface area contributed by atoms with Gasteiger partial charge in [0.25, 0.3) is 0 Å². The lowest BCUT2D eigenvalue weighted by molar-refractivity contribution is -0.141. The topological polar surface area (TPSA) is 68.3 Å². The highest BCUT2D eigenvalue weighted by Gasteiger charge is 2.37. The molecule has 0 saturated carbocycles. The molecule has 182 valence electrons. The lowest BCUT2D eigenvalue weighted by Crippen LogP contribution is -2.46. The molecule has 7 nitrogen and oxygen atoms in total. The minimum atomic E-state index is -0.176. The lowest BCUT2D eigenvalue weighted by Gasteiger charge is -2.36. The molecule has 2 aliphatic rings. The maximum absolute atomic E-state index is 13.6. The van der Waals surface area contributed by atoms with Crippen LogP contribution in [0.4, 0.5) is 0 Å². The monoisotopic (exact) mass is 466 g/mol. The van der Waals surface area contributed by atoms with Crippen LogP contribution in [0.25, 0.3) is 0 Å². The number of carbonyl (C=O) groups excluding carboxylic acids is 2. The van der Waals surface area contributed by atoms with Crippen molar-refractivity contribution in [2.45, 2.75) is 38.1 Å². The largest absolute Gasteiger partial charge is 0.497 e. The van der Waals surface area contributed by atoms with Gasteiger partial charge >= 0.3 is 0 Å². The number of likely N-dealkylation sites (tertiary alicyclic amines) is 2. The molecular weight excluding hydrogens is 432 g/mol. The molecule has 2 saturated heterocycles. The Balaban J connectivity index is 1.38. The highest BCUT2D eigenvalue weighted by Crippen LogP contribution is 2.40. The number of methoxy groups -OCH3 is 2. The van der Waals surface area contributed by atoms with Crippen LogP contribution in [0.15, 0.2) is 48.5 Å². The quantitative estimate of drug-likeness (QED) is 0.587. The standard InChI is InChI=1S/C27H34N2O5/c1-32-22-12-13-25(33-2)23(18-22)24-11-7-16-29(24)27(31)20-8-6-15-28(19-20)26(30)14-17-34-21-9-4-3-5-10-21/h3-5,9-10,12-13,18,20,24H,6-8,11,14-17,19H2,1-2H3. The first-order valence-electron chi connectivity index (χ1n) is 12.1. The van der Waals surface area contributed by atoms with Crippen molar-refractivity contribution in [2.24, 2.45) is 5.92 Å². The summed E-state index contributed by atoms with van der Waals surface area (Å²) in [5.74, 6) is 2.28. The highest BCUT2D eigenvalue weighted by molar-refractivity contribution is 5.82. The van der Waals surface area contributed by atoms with Crippen molar-refractivity contribution in [3.63, 3.8) is 0 Å². The molecule has 4 rings (SSSR count). The number of rotatable bonds is 8. The molecule has 0 spiro atoms. The lowest BCUT2D eigenvalue weighted by atomic mass is 9.95. The fourth-order valence-electron chi connectivity index (χ4n) is 5.02. The molecule has 2 atom stereocenters. The van der Waals surface area contributed by atoms with Gasteiger partial charge < -0.3 is 24.0 Å². The Kier molecular flexibility index (Phi) is 7.93. The zero-order valence-electron chi connectivity index (χ0n) is 20.1. The summed E-state index contributed by atoms with van der Waals surface area (Å²) in [4.78, 5) is 30.2. The number of piperidine rings is 1. The number of ether oxygens (including phenoxy) is 3. The molecule has 0 N–H and O–H groups in total. The van der Waals surface area contributed by atoms with Gasteiger partial charge in [-0.25, -0.2) is 0 Å². The fourth-order valence-corrected chi connectivity index (χ4v) is 5.02. The van der Waals surface area contributed by atoms with Crippen LogP contribution < -0.4 is 14.2 Å². The van der Waals surface area contributed by atoms with Gasteiger partial charge in [0.2, 0.25) is 11.8 Å². The summed E-state index contributed by atoms with van der Waals surface area (Å²) in [5.41, 5.74) is 0.981. The number of benzene rings is 2. The maximum atomic E-state index is 13.6. The number of amides is 2. The second-order valence-electron chi connectivity index (χ2n) is 8.89. The third-order valence-electron chi connectivity index (χ3n) is 6.78. The van der Waals surface area contributed by atoms with Crippen LogP contribution in [0.5, 0.6) is 17.2 Å². The molecule has 2 aromatic carbocycles. The van der Waals surface area contributed by atoms with Gasteiger partial charge in [-0.3, -0.25) is 9.59 Å². The van der Waals surface area contributed by atoms with Crippen LogP contribution in [0.2, 0.25) is 0 Å². The maximum Gasteiger partial charge on any atom is 0.227 e. The molecule has 0 aliphatic carbocycles. The van der Waals surface area contributed by atoms with Gasteiger partial charge in [0.1, 0.15) is 17.2 Å². The third kappa shape index (κ3) is 5.46. The van der Waals surface area contributed by atoms with E-state index in [1.54, 1.807) is 14.2 Å². The van der Waals surface area contributed by atoms with Crippen LogP contribution >= 0.6 is 0 Å². The Morgan fingerprint density at radius 3 is 2.50 bits per heavy atom. The van der Waals surface area contributed by atoms with Crippen LogP contribution in [0, 0.1) is 5.92 Å². The molecule has 2 aromatic rings. The van der Waals surface area contributed by atoms with Gasteiger partial charge in [-0.05, 0) is 56.0 Å². The van der Waals surface area contributed by atoms with E-state index in [0.717, 1.165) is 55.0 Å². The first kappa shape index (κ1) is 23.9. The van der Waals surface area contributed by atoms with E-state index in [2.05, 4.69) is 0 Å². The predicted octanol–water partition coefficient (Wildman–Crippen LogP) is 4.08. The first-order valence-corrected chi connectivity index (χ1v) is 12.1. The zero-order valence-corrected chi connectivity index (χ0v) is 20.1. The molecule has 2 fully saturated rings. The zero-order chi connectivity index (χ0) is 23.9. The van der Waals surface area contributed by atoms with Gasteiger partial charge in [0, 0.05) is 25.2 Å². The van der Waals surface area contributed by atoms with Gasteiger partial charge in [-0.15, -0.1) is 0 Å². The van der Waals surface area contributed by atoms with E-state index in [-0.39, 0.29) is 23.8 Å². The van der Waals surface area contributed by atoms with Crippen molar-refractivity contribution in [3.8, 4) is 17.2 Å². The van der Waals surface area contributed by atoms with Crippen molar-refractivity contribution in [3.05, 3.63) is 54.1 Å². The molecule has 2 aliphatic heterocycles. The Labute approximate surface area is 201 Å². The average Bonchev–Trinajstić information content (AvgIpc) is 3.38. The molecule has 34 heavy (non-hydrogen) atoms. The Morgan fingerprint density at radius 1 is 0.941 bits per heavy atom. The van der Waals surface area contributed by atoms with Crippen molar-refractivity contribution in [1.82, 2.24) is 9.80 Å². The van der Waals surface area contributed by atoms with Crippen molar-refractivity contribution < 1.29 is 23.8 Å². The van der Waals surface area contributed by atoms with E-state index >= 15 is 0 Å². The van der Waals surface area contributed by atoms with E-state index in [1.807, 2.05) is 58.3 Å². The predicted molar refractivity (Wildman–Crippen MR) is 129 cm³/mol.